The Labute approximate surface area is 322 Å². The van der Waals surface area contributed by atoms with Crippen LogP contribution in [-0.4, -0.2) is 126 Å². The Bertz CT molecular complexity index is 1350. The van der Waals surface area contributed by atoms with Crippen molar-refractivity contribution in [2.24, 2.45) is 5.92 Å². The molecule has 0 saturated carbocycles. The summed E-state index contributed by atoms with van der Waals surface area (Å²) in [4.78, 5) is 0. The van der Waals surface area contributed by atoms with E-state index in [1.54, 1.807) is 0 Å². The van der Waals surface area contributed by atoms with Crippen molar-refractivity contribution < 1.29 is 162 Å². The van der Waals surface area contributed by atoms with Crippen LogP contribution in [0.5, 0.6) is 0 Å². The molecule has 0 aliphatic heterocycles. The molecule has 0 aromatic carbocycles. The van der Waals surface area contributed by atoms with E-state index < -0.39 is 152 Å². The fraction of sp³-hybridized carbons (Fsp3) is 0.923. The number of rotatable bonds is 11. The van der Waals surface area contributed by atoms with E-state index >= 15 is 0 Å². The first-order valence-electron chi connectivity index (χ1n) is 14.8. The molecule has 0 aliphatic carbocycles. The zero-order valence-electron chi connectivity index (χ0n) is 29.2. The van der Waals surface area contributed by atoms with Crippen molar-refractivity contribution in [3.8, 4) is 0 Å². The third-order valence-corrected chi connectivity index (χ3v) is 8.24. The van der Waals surface area contributed by atoms with Gasteiger partial charge in [0.1, 0.15) is 0 Å². The van der Waals surface area contributed by atoms with Gasteiger partial charge in [-0.15, -0.1) is 0 Å². The first kappa shape index (κ1) is 61.5. The molecule has 62 heavy (non-hydrogen) atoms. The SMILES string of the molecule is CC(O)(C=C(CC(O)(C(F)(F)F)C(F)(F)F)CC(O)(C(F)(F)F)C(F)(F)F)C(F)(F)F.CC(O)(CC(CC(O)(C(F)(F)F)C(F)(F)F)CC(O)(C(F)(F)F)C(F)(F)F)C(F)(F)F. The third-order valence-electron chi connectivity index (χ3n) is 8.24. The molecule has 2 atom stereocenters. The average Bonchev–Trinajstić information content (AvgIpc) is 2.90. The molecule has 0 rings (SSSR count). The second-order valence-electron chi connectivity index (χ2n) is 13.5. The van der Waals surface area contributed by atoms with Gasteiger partial charge >= 0.3 is 61.8 Å². The normalized spacial score (nSPS) is 17.6. The van der Waals surface area contributed by atoms with Crippen LogP contribution in [0.15, 0.2) is 11.6 Å². The molecule has 0 radical (unpaired) electrons. The fourth-order valence-electron chi connectivity index (χ4n) is 4.54. The molecule has 2 unspecified atom stereocenters. The molecule has 374 valence electrons. The molecule has 0 aromatic rings. The van der Waals surface area contributed by atoms with Crippen LogP contribution in [0, 0.1) is 5.92 Å². The Kier molecular flexibility index (Phi) is 17.2. The monoisotopic (exact) mass is 1000 g/mol. The second-order valence-corrected chi connectivity index (χ2v) is 13.5. The topological polar surface area (TPSA) is 121 Å². The zero-order chi connectivity index (χ0) is 51.4. The fourth-order valence-corrected chi connectivity index (χ4v) is 4.54. The maximum absolute atomic E-state index is 12.8. The summed E-state index contributed by atoms with van der Waals surface area (Å²) in [5, 5.41) is 54.3. The highest BCUT2D eigenvalue weighted by Crippen LogP contribution is 2.55. The lowest BCUT2D eigenvalue weighted by Gasteiger charge is -2.41. The Morgan fingerprint density at radius 1 is 0.323 bits per heavy atom. The molecular weight excluding hydrogens is 978 g/mol. The van der Waals surface area contributed by atoms with E-state index in [9.17, 15) is 137 Å². The van der Waals surface area contributed by atoms with Gasteiger partial charge in [0, 0.05) is 12.8 Å². The van der Waals surface area contributed by atoms with Crippen molar-refractivity contribution >= 4 is 0 Å². The van der Waals surface area contributed by atoms with Crippen LogP contribution < -0.4 is 0 Å². The first-order chi connectivity index (χ1) is 26.1. The van der Waals surface area contributed by atoms with Crippen LogP contribution in [0.3, 0.4) is 0 Å². The largest absolute Gasteiger partial charge is 0.426 e. The van der Waals surface area contributed by atoms with Gasteiger partial charge in [-0.2, -0.15) is 132 Å². The maximum Gasteiger partial charge on any atom is 0.426 e. The summed E-state index contributed by atoms with van der Waals surface area (Å²) in [6.45, 7) is -0.770. The highest BCUT2D eigenvalue weighted by molar-refractivity contribution is 5.21. The number of alkyl halides is 30. The highest BCUT2D eigenvalue weighted by Gasteiger charge is 2.76. The molecule has 0 aliphatic rings. The molecule has 0 fully saturated rings. The molecule has 0 amide bonds. The standard InChI is InChI=1S/C13H13F15O3.C13H11F15O3/c2*1-6(29,9(14,15)16)2-5(3-7(30,10(17,18)19)11(20,21)22)4-8(31,12(23,24)25)13(26,27)28/h5,29-31H,2-4H2,1H3;2,29-31H,3-4H2,1H3. The molecule has 6 N–H and O–H groups in total. The van der Waals surface area contributed by atoms with Crippen molar-refractivity contribution in [1.82, 2.24) is 0 Å². The number of halogens is 30. The lowest BCUT2D eigenvalue weighted by molar-refractivity contribution is -0.385. The minimum atomic E-state index is -6.86. The van der Waals surface area contributed by atoms with Crippen LogP contribution in [0.1, 0.15) is 46.0 Å². The molecule has 36 heteroatoms. The molecular formula is C26H24F30O6. The summed E-state index contributed by atoms with van der Waals surface area (Å²) in [5.74, 6) is -3.65. The summed E-state index contributed by atoms with van der Waals surface area (Å²) in [7, 11) is 0. The van der Waals surface area contributed by atoms with Crippen molar-refractivity contribution in [3.05, 3.63) is 11.6 Å². The minimum absolute atomic E-state index is 0.347. The van der Waals surface area contributed by atoms with Gasteiger partial charge in [-0.05, 0) is 45.1 Å². The zero-order valence-corrected chi connectivity index (χ0v) is 29.2. The highest BCUT2D eigenvalue weighted by atomic mass is 19.5. The van der Waals surface area contributed by atoms with E-state index in [2.05, 4.69) is 0 Å². The quantitative estimate of drug-likeness (QED) is 0.0907. The van der Waals surface area contributed by atoms with Crippen LogP contribution in [0.4, 0.5) is 132 Å². The van der Waals surface area contributed by atoms with Crippen LogP contribution in [0.2, 0.25) is 0 Å². The molecule has 0 spiro atoms. The lowest BCUT2D eigenvalue weighted by atomic mass is 9.76. The Balaban J connectivity index is 0. The van der Waals surface area contributed by atoms with Gasteiger partial charge in [0.05, 0.1) is 0 Å². The van der Waals surface area contributed by atoms with E-state index in [0.717, 1.165) is 0 Å². The summed E-state index contributed by atoms with van der Waals surface area (Å²) < 4.78 is 382. The smallest absolute Gasteiger partial charge is 0.381 e. The van der Waals surface area contributed by atoms with Crippen LogP contribution in [-0.2, 0) is 0 Å². The molecule has 0 saturated heterocycles. The number of hydrogen-bond acceptors (Lipinski definition) is 6. The van der Waals surface area contributed by atoms with Crippen molar-refractivity contribution in [2.75, 3.05) is 0 Å². The first-order valence-corrected chi connectivity index (χ1v) is 14.8. The van der Waals surface area contributed by atoms with Crippen LogP contribution in [0.25, 0.3) is 0 Å². The predicted octanol–water partition coefficient (Wildman–Crippen LogP) is 9.52. The van der Waals surface area contributed by atoms with Gasteiger partial charge < -0.3 is 30.6 Å². The van der Waals surface area contributed by atoms with Gasteiger partial charge in [-0.25, -0.2) is 0 Å². The second kappa shape index (κ2) is 17.3. The van der Waals surface area contributed by atoms with E-state index in [1.165, 1.54) is 0 Å². The number of hydrogen-bond donors (Lipinski definition) is 6. The summed E-state index contributed by atoms with van der Waals surface area (Å²) in [5.41, 5.74) is -36.0. The maximum atomic E-state index is 12.8. The van der Waals surface area contributed by atoms with Gasteiger partial charge in [0.15, 0.2) is 11.2 Å². The Morgan fingerprint density at radius 2 is 0.532 bits per heavy atom. The summed E-state index contributed by atoms with van der Waals surface area (Å²) in [6.07, 6.45) is -83.6. The molecule has 0 heterocycles. The van der Waals surface area contributed by atoms with Gasteiger partial charge in [-0.1, -0.05) is 5.57 Å². The van der Waals surface area contributed by atoms with Crippen molar-refractivity contribution in [1.29, 1.82) is 0 Å². The Morgan fingerprint density at radius 3 is 0.694 bits per heavy atom. The summed E-state index contributed by atoms with van der Waals surface area (Å²) in [6, 6.07) is 0. The van der Waals surface area contributed by atoms with Crippen molar-refractivity contribution in [3.63, 3.8) is 0 Å². The number of aliphatic hydroxyl groups is 6. The average molecular weight is 1000 g/mol. The summed E-state index contributed by atoms with van der Waals surface area (Å²) >= 11 is 0. The molecule has 0 aromatic heterocycles. The van der Waals surface area contributed by atoms with Gasteiger partial charge in [0.25, 0.3) is 22.4 Å². The Hall–Kier alpha value is -2.60. The molecule has 6 nitrogen and oxygen atoms in total. The van der Waals surface area contributed by atoms with Crippen LogP contribution >= 0.6 is 0 Å². The van der Waals surface area contributed by atoms with Gasteiger partial charge in [-0.3, -0.25) is 0 Å². The lowest BCUT2D eigenvalue weighted by Crippen LogP contribution is -2.61. The van der Waals surface area contributed by atoms with E-state index in [4.69, 9.17) is 25.5 Å². The minimum Gasteiger partial charge on any atom is -0.381 e. The predicted molar refractivity (Wildman–Crippen MR) is 136 cm³/mol. The van der Waals surface area contributed by atoms with E-state index in [-0.39, 0.29) is 6.92 Å². The van der Waals surface area contributed by atoms with Gasteiger partial charge in [0.2, 0.25) is 0 Å². The van der Waals surface area contributed by atoms with E-state index in [0.29, 0.717) is 0 Å². The van der Waals surface area contributed by atoms with E-state index in [1.807, 2.05) is 0 Å². The molecule has 0 bridgehead atoms. The third kappa shape index (κ3) is 13.2. The van der Waals surface area contributed by atoms with Crippen molar-refractivity contribution in [2.45, 2.75) is 141 Å².